The number of phenolic OH excluding ortho intramolecular Hbond substituents is 2. The quantitative estimate of drug-likeness (QED) is 0.0476. The number of phenols is 2. The van der Waals surface area contributed by atoms with Gasteiger partial charge in [0.1, 0.15) is 11.5 Å². The first-order valence-electron chi connectivity index (χ1n) is 22.4. The van der Waals surface area contributed by atoms with Gasteiger partial charge in [-0.1, -0.05) is 120 Å². The van der Waals surface area contributed by atoms with Crippen LogP contribution in [-0.4, -0.2) is 81.8 Å². The maximum absolute atomic E-state index is 11.4. The van der Waals surface area contributed by atoms with Crippen molar-refractivity contribution < 1.29 is 47.1 Å². The van der Waals surface area contributed by atoms with E-state index in [0.29, 0.717) is 11.5 Å². The van der Waals surface area contributed by atoms with E-state index in [-0.39, 0.29) is 48.7 Å². The molecular formula is C49H84CrN3O5+. The molecule has 0 saturated heterocycles. The number of aromatic hydroxyl groups is 2. The first kappa shape index (κ1) is 55.1. The first-order valence-corrected chi connectivity index (χ1v) is 22.4. The monoisotopic (exact) mass is 847 g/mol. The van der Waals surface area contributed by atoms with Crippen LogP contribution in [-0.2, 0) is 30.2 Å². The summed E-state index contributed by atoms with van der Waals surface area (Å²) in [6, 6.07) is 8.89. The van der Waals surface area contributed by atoms with Crippen molar-refractivity contribution in [3.05, 3.63) is 57.6 Å². The van der Waals surface area contributed by atoms with E-state index in [9.17, 15) is 10.2 Å². The molecule has 2 aromatic carbocycles. The van der Waals surface area contributed by atoms with E-state index in [1.807, 2.05) is 12.4 Å². The standard InChI is InChI=1S/C47H77N3O2.CH2O3.CH4.Cr/c1-9-13-17-22-38-30-40(46(51)42(32-38)36(5)6)34-48-44-24-18-19-25-45(44)49-35-41-31-39(33-43(37(7)8)47(41)52)23-20-21-29-50(26-14-10-2,27-15-11-3)28-16-12-4;2-1(3)4;;/h30-37,44-45H,9-29H2,1-8H3,(H-,48,49,51,52);(H2,2,3,4);1H4;/p+1. The number of aryl methyl sites for hydroxylation is 2. The van der Waals surface area contributed by atoms with E-state index in [0.717, 1.165) is 60.8 Å². The van der Waals surface area contributed by atoms with E-state index in [2.05, 4.69) is 79.7 Å². The maximum atomic E-state index is 11.4. The molecule has 330 valence electrons. The SMILES string of the molecule is C.CCCCCc1cc(C=NC2CCCCC2N=Cc2cc(CCCC[N+](CCCC)(CCCC)CCCC)cc(C(C)C)c2O)c(O)c(C(C)C)c1.O=C(O)O.[Cr]. The van der Waals surface area contributed by atoms with Gasteiger partial charge in [-0.2, -0.15) is 0 Å². The summed E-state index contributed by atoms with van der Waals surface area (Å²) < 4.78 is 1.30. The maximum Gasteiger partial charge on any atom is 0.503 e. The molecule has 0 heterocycles. The molecule has 2 unspecified atom stereocenters. The number of rotatable bonds is 24. The van der Waals surface area contributed by atoms with Gasteiger partial charge < -0.3 is 24.9 Å². The molecule has 1 saturated carbocycles. The molecular weight excluding hydrogens is 763 g/mol. The fourth-order valence-electron chi connectivity index (χ4n) is 8.15. The van der Waals surface area contributed by atoms with Gasteiger partial charge in [0, 0.05) is 40.9 Å². The smallest absolute Gasteiger partial charge is 0.503 e. The fraction of sp³-hybridized carbons (Fsp3) is 0.694. The minimum absolute atomic E-state index is 0. The number of quaternary nitrogens is 1. The van der Waals surface area contributed by atoms with Crippen molar-refractivity contribution in [2.24, 2.45) is 9.98 Å². The molecule has 0 spiro atoms. The largest absolute Gasteiger partial charge is 0.507 e. The summed E-state index contributed by atoms with van der Waals surface area (Å²) >= 11 is 0. The molecule has 9 heteroatoms. The summed E-state index contributed by atoms with van der Waals surface area (Å²) in [7, 11) is 0. The average molecular weight is 847 g/mol. The van der Waals surface area contributed by atoms with Gasteiger partial charge in [0.15, 0.2) is 0 Å². The second-order valence-electron chi connectivity index (χ2n) is 17.0. The molecule has 1 fully saturated rings. The van der Waals surface area contributed by atoms with Crippen LogP contribution in [0.3, 0.4) is 0 Å². The average Bonchev–Trinajstić information content (AvgIpc) is 3.16. The van der Waals surface area contributed by atoms with Crippen molar-refractivity contribution in [3.8, 4) is 11.5 Å². The number of hydrogen-bond acceptors (Lipinski definition) is 5. The van der Waals surface area contributed by atoms with Crippen LogP contribution in [0.5, 0.6) is 11.5 Å². The number of hydrogen-bond donors (Lipinski definition) is 4. The Morgan fingerprint density at radius 1 is 0.638 bits per heavy atom. The van der Waals surface area contributed by atoms with Crippen LogP contribution in [0.25, 0.3) is 0 Å². The van der Waals surface area contributed by atoms with Gasteiger partial charge in [-0.3, -0.25) is 9.98 Å². The molecule has 0 amide bonds. The number of unbranched alkanes of at least 4 members (excludes halogenated alkanes) is 6. The molecule has 1 aliphatic carbocycles. The molecule has 3 rings (SSSR count). The van der Waals surface area contributed by atoms with Crippen LogP contribution in [0.2, 0.25) is 0 Å². The summed E-state index contributed by atoms with van der Waals surface area (Å²) in [6.45, 7) is 23.1. The summed E-state index contributed by atoms with van der Waals surface area (Å²) in [5, 5.41) is 36.6. The van der Waals surface area contributed by atoms with Gasteiger partial charge >= 0.3 is 6.16 Å². The molecule has 0 aromatic heterocycles. The van der Waals surface area contributed by atoms with Crippen molar-refractivity contribution in [2.45, 2.75) is 196 Å². The van der Waals surface area contributed by atoms with Crippen LogP contribution in [0.4, 0.5) is 4.79 Å². The predicted octanol–water partition coefficient (Wildman–Crippen LogP) is 13.3. The summed E-state index contributed by atoms with van der Waals surface area (Å²) in [4.78, 5) is 18.8. The van der Waals surface area contributed by atoms with E-state index in [1.165, 1.54) is 112 Å². The van der Waals surface area contributed by atoms with Crippen LogP contribution in [0.15, 0.2) is 34.3 Å². The Labute approximate surface area is 365 Å². The molecule has 2 atom stereocenters. The molecule has 0 radical (unpaired) electrons. The second kappa shape index (κ2) is 30.2. The van der Waals surface area contributed by atoms with Gasteiger partial charge in [0.05, 0.1) is 38.3 Å². The third-order valence-corrected chi connectivity index (χ3v) is 11.6. The molecule has 58 heavy (non-hydrogen) atoms. The Morgan fingerprint density at radius 3 is 1.33 bits per heavy atom. The zero-order chi connectivity index (χ0) is 41.5. The predicted molar refractivity (Wildman–Crippen MR) is 244 cm³/mol. The molecule has 2 aromatic rings. The van der Waals surface area contributed by atoms with Gasteiger partial charge in [-0.25, -0.2) is 4.79 Å². The van der Waals surface area contributed by atoms with Crippen molar-refractivity contribution >= 4 is 18.6 Å². The van der Waals surface area contributed by atoms with E-state index < -0.39 is 6.16 Å². The minimum Gasteiger partial charge on any atom is -0.507 e. The van der Waals surface area contributed by atoms with Crippen molar-refractivity contribution in [3.63, 3.8) is 0 Å². The van der Waals surface area contributed by atoms with Crippen molar-refractivity contribution in [1.82, 2.24) is 0 Å². The number of aliphatic imine (C=N–C) groups is 2. The Bertz CT molecular complexity index is 1470. The molecule has 1 aliphatic rings. The van der Waals surface area contributed by atoms with Gasteiger partial charge in [-0.05, 0) is 110 Å². The second-order valence-corrected chi connectivity index (χ2v) is 17.0. The Balaban J connectivity index is 0.00000516. The fourth-order valence-corrected chi connectivity index (χ4v) is 8.15. The summed E-state index contributed by atoms with van der Waals surface area (Å²) in [5.41, 5.74) is 6.29. The van der Waals surface area contributed by atoms with Crippen LogP contribution < -0.4 is 0 Å². The Hall–Kier alpha value is -2.86. The number of carboxylic acid groups (broad SMARTS) is 2. The molecule has 8 nitrogen and oxygen atoms in total. The van der Waals surface area contributed by atoms with Gasteiger partial charge in [0.2, 0.25) is 0 Å². The van der Waals surface area contributed by atoms with E-state index >= 15 is 0 Å². The van der Waals surface area contributed by atoms with Crippen LogP contribution in [0, 0.1) is 0 Å². The topological polar surface area (TPSA) is 123 Å². The van der Waals surface area contributed by atoms with Crippen molar-refractivity contribution in [2.75, 3.05) is 26.2 Å². The third-order valence-electron chi connectivity index (χ3n) is 11.6. The van der Waals surface area contributed by atoms with Crippen molar-refractivity contribution in [1.29, 1.82) is 0 Å². The minimum atomic E-state index is -1.83. The summed E-state index contributed by atoms with van der Waals surface area (Å²) in [5.74, 6) is 1.23. The third kappa shape index (κ3) is 19.5. The van der Waals surface area contributed by atoms with Crippen LogP contribution >= 0.6 is 0 Å². The van der Waals surface area contributed by atoms with Gasteiger partial charge in [0.25, 0.3) is 0 Å². The number of benzene rings is 2. The first-order chi connectivity index (χ1) is 26.8. The zero-order valence-corrected chi connectivity index (χ0v) is 38.3. The van der Waals surface area contributed by atoms with E-state index in [4.69, 9.17) is 25.0 Å². The number of carbonyl (C=O) groups is 1. The Kier molecular flexibility index (Phi) is 28.7. The zero-order valence-electron chi connectivity index (χ0n) is 37.1. The van der Waals surface area contributed by atoms with Gasteiger partial charge in [-0.15, -0.1) is 0 Å². The molecule has 0 bridgehead atoms. The molecule has 4 N–H and O–H groups in total. The molecule has 0 aliphatic heterocycles. The Morgan fingerprint density at radius 2 is 0.983 bits per heavy atom. The van der Waals surface area contributed by atoms with E-state index in [1.54, 1.807) is 0 Å². The van der Waals surface area contributed by atoms with Crippen LogP contribution in [0.1, 0.15) is 204 Å². The summed E-state index contributed by atoms with van der Waals surface area (Å²) in [6.07, 6.45) is 22.2. The number of nitrogens with zero attached hydrogens (tertiary/aromatic N) is 3. The normalized spacial score (nSPS) is 15.7.